The fraction of sp³-hybridized carbons (Fsp3) is 0.368. The molecule has 1 aliphatic rings. The number of aromatic hydroxyl groups is 1. The van der Waals surface area contributed by atoms with Gasteiger partial charge in [0.25, 0.3) is 0 Å². The fourth-order valence-corrected chi connectivity index (χ4v) is 2.98. The van der Waals surface area contributed by atoms with Gasteiger partial charge in [0.05, 0.1) is 7.11 Å². The van der Waals surface area contributed by atoms with Crippen LogP contribution >= 0.6 is 0 Å². The molecule has 0 radical (unpaired) electrons. The number of benzene rings is 2. The second-order valence-corrected chi connectivity index (χ2v) is 6.19. The van der Waals surface area contributed by atoms with E-state index < -0.39 is 0 Å². The van der Waals surface area contributed by atoms with Crippen molar-refractivity contribution in [3.8, 4) is 17.2 Å². The Kier molecular flexibility index (Phi) is 4.44. The molecule has 2 aromatic rings. The molecule has 0 fully saturated rings. The number of likely N-dealkylation sites (N-methyl/N-ethyl adjacent to an activating group) is 1. The first-order valence-corrected chi connectivity index (χ1v) is 7.87. The molecule has 1 aliphatic heterocycles. The molecular formula is C19H23NO3. The summed E-state index contributed by atoms with van der Waals surface area (Å²) >= 11 is 0. The van der Waals surface area contributed by atoms with Gasteiger partial charge in [0.1, 0.15) is 11.9 Å². The Labute approximate surface area is 137 Å². The van der Waals surface area contributed by atoms with Gasteiger partial charge in [-0.15, -0.1) is 0 Å². The van der Waals surface area contributed by atoms with E-state index in [2.05, 4.69) is 25.1 Å². The molecule has 0 aliphatic carbocycles. The lowest BCUT2D eigenvalue weighted by Gasteiger charge is -2.13. The van der Waals surface area contributed by atoms with Crippen molar-refractivity contribution in [2.75, 3.05) is 27.7 Å². The van der Waals surface area contributed by atoms with Crippen molar-refractivity contribution in [2.24, 2.45) is 0 Å². The van der Waals surface area contributed by atoms with Crippen LogP contribution in [0.5, 0.6) is 17.2 Å². The molecule has 122 valence electrons. The van der Waals surface area contributed by atoms with Gasteiger partial charge >= 0.3 is 0 Å². The molecule has 1 N–H and O–H groups in total. The zero-order chi connectivity index (χ0) is 16.4. The minimum absolute atomic E-state index is 0.0278. The van der Waals surface area contributed by atoms with Gasteiger partial charge in [-0.05, 0) is 49.8 Å². The van der Waals surface area contributed by atoms with Crippen molar-refractivity contribution in [1.82, 2.24) is 4.90 Å². The van der Waals surface area contributed by atoms with E-state index in [0.717, 1.165) is 36.4 Å². The first-order valence-electron chi connectivity index (χ1n) is 7.87. The highest BCUT2D eigenvalue weighted by Gasteiger charge is 2.29. The Morgan fingerprint density at radius 1 is 1.17 bits per heavy atom. The molecule has 4 heteroatoms. The van der Waals surface area contributed by atoms with Crippen LogP contribution in [0.3, 0.4) is 0 Å². The Bertz CT molecular complexity index is 680. The Balaban J connectivity index is 1.89. The van der Waals surface area contributed by atoms with E-state index in [4.69, 9.17) is 9.47 Å². The predicted molar refractivity (Wildman–Crippen MR) is 90.4 cm³/mol. The highest BCUT2D eigenvalue weighted by Crippen LogP contribution is 2.44. The summed E-state index contributed by atoms with van der Waals surface area (Å²) < 4.78 is 11.6. The van der Waals surface area contributed by atoms with Crippen molar-refractivity contribution < 1.29 is 14.6 Å². The number of ether oxygens (including phenoxy) is 2. The maximum Gasteiger partial charge on any atom is 0.165 e. The van der Waals surface area contributed by atoms with Gasteiger partial charge in [0, 0.05) is 18.5 Å². The second kappa shape index (κ2) is 6.50. The molecule has 1 heterocycles. The van der Waals surface area contributed by atoms with Gasteiger partial charge in [-0.1, -0.05) is 18.2 Å². The van der Waals surface area contributed by atoms with Crippen molar-refractivity contribution in [1.29, 1.82) is 0 Å². The molecule has 1 atom stereocenters. The Hall–Kier alpha value is -2.20. The van der Waals surface area contributed by atoms with E-state index in [1.54, 1.807) is 19.2 Å². The summed E-state index contributed by atoms with van der Waals surface area (Å²) in [5, 5.41) is 9.46. The minimum Gasteiger partial charge on any atom is -0.508 e. The summed E-state index contributed by atoms with van der Waals surface area (Å²) in [5.74, 6) is 1.92. The second-order valence-electron chi connectivity index (χ2n) is 6.19. The minimum atomic E-state index is -0.0278. The number of fused-ring (bicyclic) bond motifs is 1. The van der Waals surface area contributed by atoms with Crippen LogP contribution in [0, 0.1) is 0 Å². The van der Waals surface area contributed by atoms with Crippen LogP contribution in [0.4, 0.5) is 0 Å². The first kappa shape index (κ1) is 15.7. The van der Waals surface area contributed by atoms with E-state index in [-0.39, 0.29) is 11.9 Å². The van der Waals surface area contributed by atoms with Crippen LogP contribution in [0.1, 0.15) is 22.8 Å². The molecule has 0 aromatic heterocycles. The summed E-state index contributed by atoms with van der Waals surface area (Å²) in [4.78, 5) is 2.18. The monoisotopic (exact) mass is 313 g/mol. The number of nitrogens with zero attached hydrogens (tertiary/aromatic N) is 1. The topological polar surface area (TPSA) is 41.9 Å². The third-order valence-electron chi connectivity index (χ3n) is 4.28. The molecule has 0 saturated carbocycles. The molecule has 0 amide bonds. The van der Waals surface area contributed by atoms with E-state index in [0.29, 0.717) is 0 Å². The average Bonchev–Trinajstić information content (AvgIpc) is 2.98. The Morgan fingerprint density at radius 2 is 1.91 bits per heavy atom. The summed E-state index contributed by atoms with van der Waals surface area (Å²) in [5.41, 5.74) is 3.62. The smallest absolute Gasteiger partial charge is 0.165 e. The van der Waals surface area contributed by atoms with Gasteiger partial charge < -0.3 is 19.5 Å². The number of phenols is 1. The predicted octanol–water partition coefficient (Wildman–Crippen LogP) is 3.18. The normalized spacial score (nSPS) is 16.3. The molecule has 0 bridgehead atoms. The van der Waals surface area contributed by atoms with Gasteiger partial charge in [-0.2, -0.15) is 0 Å². The van der Waals surface area contributed by atoms with E-state index in [1.807, 2.05) is 18.2 Å². The number of hydrogen-bond acceptors (Lipinski definition) is 4. The molecular weight excluding hydrogens is 290 g/mol. The quantitative estimate of drug-likeness (QED) is 0.920. The summed E-state index contributed by atoms with van der Waals surface area (Å²) in [6.45, 7) is 1.00. The molecule has 0 spiro atoms. The van der Waals surface area contributed by atoms with Crippen LogP contribution in [0.2, 0.25) is 0 Å². The largest absolute Gasteiger partial charge is 0.508 e. The third-order valence-corrected chi connectivity index (χ3v) is 4.28. The summed E-state index contributed by atoms with van der Waals surface area (Å²) in [6.07, 6.45) is 1.80. The zero-order valence-corrected chi connectivity index (χ0v) is 13.9. The molecule has 2 aromatic carbocycles. The van der Waals surface area contributed by atoms with E-state index in [9.17, 15) is 5.11 Å². The van der Waals surface area contributed by atoms with Crippen LogP contribution < -0.4 is 9.47 Å². The third kappa shape index (κ3) is 3.27. The maximum absolute atomic E-state index is 9.46. The maximum atomic E-state index is 9.46. The summed E-state index contributed by atoms with van der Waals surface area (Å²) in [7, 11) is 5.84. The van der Waals surface area contributed by atoms with Gasteiger partial charge in [-0.3, -0.25) is 0 Å². The van der Waals surface area contributed by atoms with Crippen LogP contribution in [-0.4, -0.2) is 37.8 Å². The highest BCUT2D eigenvalue weighted by atomic mass is 16.5. The SMILES string of the molecule is COc1ccc(CCN(C)C)c2c1OC(c1ccc(O)cc1)C2. The van der Waals surface area contributed by atoms with Crippen molar-refractivity contribution >= 4 is 0 Å². The lowest BCUT2D eigenvalue weighted by molar-refractivity contribution is 0.228. The number of methoxy groups -OCH3 is 1. The molecule has 0 saturated heterocycles. The van der Waals surface area contributed by atoms with Crippen LogP contribution in [0.25, 0.3) is 0 Å². The van der Waals surface area contributed by atoms with Gasteiger partial charge in [0.15, 0.2) is 11.5 Å². The molecule has 3 rings (SSSR count). The highest BCUT2D eigenvalue weighted by molar-refractivity contribution is 5.54. The first-order chi connectivity index (χ1) is 11.1. The Morgan fingerprint density at radius 3 is 2.57 bits per heavy atom. The molecule has 4 nitrogen and oxygen atoms in total. The number of hydrogen-bond donors (Lipinski definition) is 1. The lowest BCUT2D eigenvalue weighted by atomic mass is 9.97. The standard InChI is InChI=1S/C19H23NO3/c1-20(2)11-10-13-6-9-17(22-3)19-16(13)12-18(23-19)14-4-7-15(21)8-5-14/h4-9,18,21H,10-12H2,1-3H3. The number of phenolic OH excluding ortho intramolecular Hbond substituents is 1. The van der Waals surface area contributed by atoms with Gasteiger partial charge in [0.2, 0.25) is 0 Å². The van der Waals surface area contributed by atoms with Crippen LogP contribution in [0.15, 0.2) is 36.4 Å². The van der Waals surface area contributed by atoms with Crippen molar-refractivity contribution in [2.45, 2.75) is 18.9 Å². The number of rotatable bonds is 5. The zero-order valence-electron chi connectivity index (χ0n) is 13.9. The van der Waals surface area contributed by atoms with E-state index >= 15 is 0 Å². The van der Waals surface area contributed by atoms with E-state index in [1.165, 1.54) is 11.1 Å². The fourth-order valence-electron chi connectivity index (χ4n) is 2.98. The van der Waals surface area contributed by atoms with Crippen molar-refractivity contribution in [3.05, 3.63) is 53.1 Å². The molecule has 1 unspecified atom stereocenters. The van der Waals surface area contributed by atoms with Gasteiger partial charge in [-0.25, -0.2) is 0 Å². The molecule has 23 heavy (non-hydrogen) atoms. The average molecular weight is 313 g/mol. The van der Waals surface area contributed by atoms with Crippen LogP contribution in [-0.2, 0) is 12.8 Å². The lowest BCUT2D eigenvalue weighted by Crippen LogP contribution is -2.15. The summed E-state index contributed by atoms with van der Waals surface area (Å²) in [6, 6.07) is 11.4. The van der Waals surface area contributed by atoms with Crippen molar-refractivity contribution in [3.63, 3.8) is 0 Å².